The van der Waals surface area contributed by atoms with Crippen molar-refractivity contribution in [3.63, 3.8) is 0 Å². The normalized spacial score (nSPS) is 12.5. The van der Waals surface area contributed by atoms with Crippen LogP contribution in [0.2, 0.25) is 0 Å². The molecular weight excluding hydrogens is 260 g/mol. The van der Waals surface area contributed by atoms with E-state index in [-0.39, 0.29) is 10.8 Å². The van der Waals surface area contributed by atoms with Crippen molar-refractivity contribution in [2.45, 2.75) is 52.4 Å². The largest absolute Gasteiger partial charge is 0.496 e. The first-order valence-electron chi connectivity index (χ1n) is 7.37. The highest BCUT2D eigenvalue weighted by Gasteiger charge is 2.27. The molecule has 3 nitrogen and oxygen atoms in total. The van der Waals surface area contributed by atoms with Crippen LogP contribution in [0.4, 0.5) is 0 Å². The molecule has 1 heterocycles. The number of aromatic amines is 1. The number of hydrogen-bond acceptors (Lipinski definition) is 2. The number of nitrogens with zero attached hydrogens (tertiary/aromatic N) is 1. The Labute approximate surface area is 127 Å². The molecule has 0 atom stereocenters. The van der Waals surface area contributed by atoms with E-state index in [1.54, 1.807) is 13.3 Å². The van der Waals surface area contributed by atoms with Crippen LogP contribution in [0.3, 0.4) is 0 Å². The second-order valence-corrected chi connectivity index (χ2v) is 7.54. The molecule has 0 radical (unpaired) electrons. The molecule has 1 aromatic carbocycles. The van der Waals surface area contributed by atoms with Crippen LogP contribution in [0.1, 0.15) is 52.7 Å². The van der Waals surface area contributed by atoms with Crippen LogP contribution in [0.25, 0.3) is 11.4 Å². The van der Waals surface area contributed by atoms with Gasteiger partial charge in [0.25, 0.3) is 0 Å². The van der Waals surface area contributed by atoms with Gasteiger partial charge < -0.3 is 9.72 Å². The first kappa shape index (κ1) is 15.6. The summed E-state index contributed by atoms with van der Waals surface area (Å²) in [6.07, 6.45) is 3.60. The monoisotopic (exact) mass is 286 g/mol. The van der Waals surface area contributed by atoms with E-state index in [1.807, 2.05) is 6.20 Å². The van der Waals surface area contributed by atoms with Crippen LogP contribution in [-0.2, 0) is 10.8 Å². The molecule has 21 heavy (non-hydrogen) atoms. The fraction of sp³-hybridized carbons (Fsp3) is 0.500. The Balaban J connectivity index is 2.76. The van der Waals surface area contributed by atoms with Crippen LogP contribution < -0.4 is 4.74 Å². The van der Waals surface area contributed by atoms with Crippen molar-refractivity contribution in [1.29, 1.82) is 0 Å². The summed E-state index contributed by atoms with van der Waals surface area (Å²) in [5, 5.41) is 0. The lowest BCUT2D eigenvalue weighted by atomic mass is 9.74. The Hall–Kier alpha value is -1.77. The molecule has 0 saturated carbocycles. The van der Waals surface area contributed by atoms with Gasteiger partial charge in [-0.05, 0) is 34.1 Å². The van der Waals surface area contributed by atoms with Gasteiger partial charge in [-0.3, -0.25) is 0 Å². The van der Waals surface area contributed by atoms with Gasteiger partial charge in [0.2, 0.25) is 0 Å². The van der Waals surface area contributed by atoms with E-state index in [0.717, 1.165) is 17.1 Å². The topological polar surface area (TPSA) is 37.9 Å². The molecule has 1 aromatic heterocycles. The Kier molecular flexibility index (Phi) is 3.87. The quantitative estimate of drug-likeness (QED) is 0.870. The van der Waals surface area contributed by atoms with Gasteiger partial charge in [0, 0.05) is 12.4 Å². The highest BCUT2D eigenvalue weighted by Crippen LogP contribution is 2.40. The summed E-state index contributed by atoms with van der Waals surface area (Å²) in [5.41, 5.74) is 3.80. The van der Waals surface area contributed by atoms with Gasteiger partial charge in [-0.25, -0.2) is 4.98 Å². The average Bonchev–Trinajstić information content (AvgIpc) is 2.88. The molecule has 0 aliphatic rings. The van der Waals surface area contributed by atoms with Gasteiger partial charge in [-0.15, -0.1) is 0 Å². The number of H-pyrrole nitrogens is 1. The Morgan fingerprint density at radius 2 is 1.52 bits per heavy atom. The molecule has 0 bridgehead atoms. The molecule has 2 aromatic rings. The summed E-state index contributed by atoms with van der Waals surface area (Å²) in [5.74, 6) is 1.71. The SMILES string of the molecule is COc1cc(C(C)(C)C)c(C(C)(C)C)cc1-c1ncc[nH]1. The van der Waals surface area contributed by atoms with Crippen molar-refractivity contribution < 1.29 is 4.74 Å². The average molecular weight is 286 g/mol. The number of benzene rings is 1. The predicted molar refractivity (Wildman–Crippen MR) is 88.0 cm³/mol. The van der Waals surface area contributed by atoms with Gasteiger partial charge in [0.1, 0.15) is 11.6 Å². The van der Waals surface area contributed by atoms with E-state index in [0.29, 0.717) is 0 Å². The second kappa shape index (κ2) is 5.21. The van der Waals surface area contributed by atoms with E-state index in [2.05, 4.69) is 63.6 Å². The minimum atomic E-state index is 0.0657. The highest BCUT2D eigenvalue weighted by molar-refractivity contribution is 5.68. The van der Waals surface area contributed by atoms with E-state index in [1.165, 1.54) is 11.1 Å². The van der Waals surface area contributed by atoms with Gasteiger partial charge >= 0.3 is 0 Å². The minimum absolute atomic E-state index is 0.0657. The maximum atomic E-state index is 5.61. The van der Waals surface area contributed by atoms with Gasteiger partial charge in [-0.2, -0.15) is 0 Å². The van der Waals surface area contributed by atoms with Crippen molar-refractivity contribution in [2.75, 3.05) is 7.11 Å². The van der Waals surface area contributed by atoms with E-state index < -0.39 is 0 Å². The molecule has 1 N–H and O–H groups in total. The number of aromatic nitrogens is 2. The number of imidazole rings is 1. The van der Waals surface area contributed by atoms with Crippen molar-refractivity contribution in [1.82, 2.24) is 9.97 Å². The first-order valence-corrected chi connectivity index (χ1v) is 7.37. The lowest BCUT2D eigenvalue weighted by molar-refractivity contribution is 0.412. The van der Waals surface area contributed by atoms with Crippen LogP contribution in [-0.4, -0.2) is 17.1 Å². The Bertz CT molecular complexity index is 614. The molecule has 0 aliphatic heterocycles. The summed E-state index contributed by atoms with van der Waals surface area (Å²) >= 11 is 0. The summed E-state index contributed by atoms with van der Waals surface area (Å²) in [4.78, 5) is 7.55. The molecule has 114 valence electrons. The zero-order valence-electron chi connectivity index (χ0n) is 14.2. The standard InChI is InChI=1S/C18H26N2O/c1-17(2,3)13-10-12(16-19-8-9-20-16)15(21-7)11-14(13)18(4,5)6/h8-11H,1-7H3,(H,19,20). The third kappa shape index (κ3) is 3.12. The smallest absolute Gasteiger partial charge is 0.141 e. The summed E-state index contributed by atoms with van der Waals surface area (Å²) in [7, 11) is 1.71. The number of methoxy groups -OCH3 is 1. The van der Waals surface area contributed by atoms with Gasteiger partial charge in [-0.1, -0.05) is 41.5 Å². The van der Waals surface area contributed by atoms with Gasteiger partial charge in [0.05, 0.1) is 12.7 Å². The fourth-order valence-corrected chi connectivity index (χ4v) is 2.59. The molecule has 0 amide bonds. The number of rotatable bonds is 2. The third-order valence-electron chi connectivity index (χ3n) is 3.71. The van der Waals surface area contributed by atoms with Crippen molar-refractivity contribution in [3.05, 3.63) is 35.7 Å². The second-order valence-electron chi connectivity index (χ2n) is 7.54. The van der Waals surface area contributed by atoms with Crippen LogP contribution in [0.5, 0.6) is 5.75 Å². The molecule has 0 spiro atoms. The first-order chi connectivity index (χ1) is 9.64. The summed E-state index contributed by atoms with van der Waals surface area (Å²) in [6.45, 7) is 13.5. The molecule has 0 fully saturated rings. The van der Waals surface area contributed by atoms with Crippen LogP contribution in [0, 0.1) is 0 Å². The molecular formula is C18H26N2O. The molecule has 0 unspecified atom stereocenters. The third-order valence-corrected chi connectivity index (χ3v) is 3.71. The lowest BCUT2D eigenvalue weighted by Gasteiger charge is -2.31. The molecule has 0 saturated heterocycles. The number of hydrogen-bond donors (Lipinski definition) is 1. The van der Waals surface area contributed by atoms with Crippen molar-refractivity contribution in [3.8, 4) is 17.1 Å². The van der Waals surface area contributed by atoms with Crippen LogP contribution in [0.15, 0.2) is 24.5 Å². The predicted octanol–water partition coefficient (Wildman–Crippen LogP) is 4.68. The number of nitrogens with one attached hydrogen (secondary N) is 1. The molecule has 3 heteroatoms. The lowest BCUT2D eigenvalue weighted by Crippen LogP contribution is -2.22. The van der Waals surface area contributed by atoms with Gasteiger partial charge in [0.15, 0.2) is 0 Å². The minimum Gasteiger partial charge on any atom is -0.496 e. The van der Waals surface area contributed by atoms with E-state index >= 15 is 0 Å². The zero-order valence-corrected chi connectivity index (χ0v) is 14.2. The Morgan fingerprint density at radius 3 is 1.95 bits per heavy atom. The maximum Gasteiger partial charge on any atom is 0.141 e. The number of ether oxygens (including phenoxy) is 1. The van der Waals surface area contributed by atoms with E-state index in [9.17, 15) is 0 Å². The maximum absolute atomic E-state index is 5.61. The van der Waals surface area contributed by atoms with E-state index in [4.69, 9.17) is 4.74 Å². The summed E-state index contributed by atoms with van der Waals surface area (Å²) < 4.78 is 5.61. The highest BCUT2D eigenvalue weighted by atomic mass is 16.5. The van der Waals surface area contributed by atoms with Crippen molar-refractivity contribution >= 4 is 0 Å². The fourth-order valence-electron chi connectivity index (χ4n) is 2.59. The molecule has 2 rings (SSSR count). The zero-order chi connectivity index (χ0) is 15.8. The molecule has 0 aliphatic carbocycles. The van der Waals surface area contributed by atoms with Crippen LogP contribution >= 0.6 is 0 Å². The Morgan fingerprint density at radius 1 is 0.952 bits per heavy atom. The summed E-state index contributed by atoms with van der Waals surface area (Å²) in [6, 6.07) is 4.39. The van der Waals surface area contributed by atoms with Crippen molar-refractivity contribution in [2.24, 2.45) is 0 Å².